The average Bonchev–Trinajstić information content (AvgIpc) is 3.15. The number of carbonyl (C=O) groups excluding carboxylic acids is 2. The number of halogens is 2. The molecule has 0 bridgehead atoms. The molecule has 2 heterocycles. The molecule has 1 aliphatic rings. The van der Waals surface area contributed by atoms with Gasteiger partial charge in [-0.05, 0) is 42.7 Å². The standard InChI is InChI=1S/C27H29ClFN5O4/c1-5-22(35)25(16-8-17(29)11-18(9-16)38-4)32-23(36)13-34-14(2)19-7-6-15(10-20(19)26(34)37)24-21(28)12-31-27(30-3)33-24/h6-12,14,22,25,35H,5,13H2,1-4H3,(H,32,36)(H,30,31,33)/t14-,22+,25+/m1/s1. The van der Waals surface area contributed by atoms with Crippen molar-refractivity contribution in [2.24, 2.45) is 0 Å². The summed E-state index contributed by atoms with van der Waals surface area (Å²) in [5, 5.41) is 16.6. The molecule has 2 aromatic carbocycles. The van der Waals surface area contributed by atoms with Gasteiger partial charge in [0.1, 0.15) is 18.1 Å². The van der Waals surface area contributed by atoms with E-state index in [1.807, 2.05) is 19.1 Å². The van der Waals surface area contributed by atoms with E-state index < -0.39 is 23.9 Å². The lowest BCUT2D eigenvalue weighted by Crippen LogP contribution is -2.43. The topological polar surface area (TPSA) is 117 Å². The zero-order valence-electron chi connectivity index (χ0n) is 21.5. The fraction of sp³-hybridized carbons (Fsp3) is 0.333. The van der Waals surface area contributed by atoms with E-state index in [0.717, 1.165) is 5.56 Å². The lowest BCUT2D eigenvalue weighted by Gasteiger charge is -2.27. The van der Waals surface area contributed by atoms with Gasteiger partial charge in [-0.3, -0.25) is 9.59 Å². The zero-order chi connectivity index (χ0) is 27.6. The summed E-state index contributed by atoms with van der Waals surface area (Å²) in [6.45, 7) is 3.34. The Balaban J connectivity index is 1.55. The smallest absolute Gasteiger partial charge is 0.255 e. The van der Waals surface area contributed by atoms with Crippen LogP contribution < -0.4 is 15.4 Å². The van der Waals surface area contributed by atoms with Crippen molar-refractivity contribution in [3.05, 3.63) is 70.1 Å². The van der Waals surface area contributed by atoms with Crippen molar-refractivity contribution < 1.29 is 23.8 Å². The molecule has 0 saturated heterocycles. The first-order valence-corrected chi connectivity index (χ1v) is 12.5. The molecular weight excluding hydrogens is 513 g/mol. The van der Waals surface area contributed by atoms with Crippen molar-refractivity contribution in [1.82, 2.24) is 20.2 Å². The van der Waals surface area contributed by atoms with E-state index in [-0.39, 0.29) is 24.2 Å². The molecule has 3 atom stereocenters. The number of fused-ring (bicyclic) bond motifs is 1. The van der Waals surface area contributed by atoms with E-state index in [4.69, 9.17) is 16.3 Å². The third-order valence-corrected chi connectivity index (χ3v) is 6.90. The van der Waals surface area contributed by atoms with Gasteiger partial charge < -0.3 is 25.4 Å². The third-order valence-electron chi connectivity index (χ3n) is 6.63. The molecule has 0 saturated carbocycles. The highest BCUT2D eigenvalue weighted by molar-refractivity contribution is 6.33. The van der Waals surface area contributed by atoms with Gasteiger partial charge in [0, 0.05) is 24.2 Å². The summed E-state index contributed by atoms with van der Waals surface area (Å²) >= 11 is 6.31. The second kappa shape index (κ2) is 11.3. The van der Waals surface area contributed by atoms with E-state index in [1.54, 1.807) is 26.1 Å². The maximum atomic E-state index is 14.1. The fourth-order valence-corrected chi connectivity index (χ4v) is 4.74. The maximum absolute atomic E-state index is 14.1. The van der Waals surface area contributed by atoms with Gasteiger partial charge in [0.25, 0.3) is 5.91 Å². The molecule has 4 rings (SSSR count). The number of hydrogen-bond donors (Lipinski definition) is 3. The Bertz CT molecular complexity index is 1370. The number of aliphatic hydroxyl groups is 1. The highest BCUT2D eigenvalue weighted by atomic mass is 35.5. The van der Waals surface area contributed by atoms with Crippen LogP contribution in [0.1, 0.15) is 53.8 Å². The molecule has 1 aliphatic heterocycles. The average molecular weight is 542 g/mol. The quantitative estimate of drug-likeness (QED) is 0.373. The highest BCUT2D eigenvalue weighted by Crippen LogP contribution is 2.37. The fourth-order valence-electron chi connectivity index (χ4n) is 4.54. The molecular formula is C27H29ClFN5O4. The minimum Gasteiger partial charge on any atom is -0.497 e. The van der Waals surface area contributed by atoms with E-state index in [0.29, 0.717) is 39.8 Å². The molecule has 2 amide bonds. The summed E-state index contributed by atoms with van der Waals surface area (Å²) in [6, 6.07) is 8.12. The normalized spacial score (nSPS) is 16.1. The van der Waals surface area contributed by atoms with Crippen molar-refractivity contribution >= 4 is 29.4 Å². The van der Waals surface area contributed by atoms with Gasteiger partial charge in [0.05, 0.1) is 42.2 Å². The van der Waals surface area contributed by atoms with Crippen LogP contribution in [0, 0.1) is 5.82 Å². The summed E-state index contributed by atoms with van der Waals surface area (Å²) < 4.78 is 19.3. The van der Waals surface area contributed by atoms with Crippen LogP contribution in [0.5, 0.6) is 5.75 Å². The second-order valence-electron chi connectivity index (χ2n) is 9.00. The first kappa shape index (κ1) is 27.3. The minimum atomic E-state index is -0.975. The molecule has 9 nitrogen and oxygen atoms in total. The summed E-state index contributed by atoms with van der Waals surface area (Å²) in [5.41, 5.74) is 2.70. The van der Waals surface area contributed by atoms with Crippen LogP contribution in [0.15, 0.2) is 42.6 Å². The van der Waals surface area contributed by atoms with Gasteiger partial charge in [-0.15, -0.1) is 0 Å². The number of amides is 2. The summed E-state index contributed by atoms with van der Waals surface area (Å²) in [5.74, 6) is -0.701. The molecule has 11 heteroatoms. The summed E-state index contributed by atoms with van der Waals surface area (Å²) in [6.07, 6.45) is 0.828. The van der Waals surface area contributed by atoms with Gasteiger partial charge in [0.2, 0.25) is 11.9 Å². The van der Waals surface area contributed by atoms with Gasteiger partial charge in [-0.1, -0.05) is 30.7 Å². The van der Waals surface area contributed by atoms with Crippen molar-refractivity contribution in [1.29, 1.82) is 0 Å². The van der Waals surface area contributed by atoms with E-state index in [2.05, 4.69) is 20.6 Å². The number of ether oxygens (including phenoxy) is 1. The van der Waals surface area contributed by atoms with Gasteiger partial charge in [-0.25, -0.2) is 14.4 Å². The molecule has 3 N–H and O–H groups in total. The molecule has 0 unspecified atom stereocenters. The molecule has 38 heavy (non-hydrogen) atoms. The third kappa shape index (κ3) is 5.41. The summed E-state index contributed by atoms with van der Waals surface area (Å²) in [7, 11) is 3.10. The van der Waals surface area contributed by atoms with E-state index >= 15 is 0 Å². The van der Waals surface area contributed by atoms with Crippen LogP contribution >= 0.6 is 11.6 Å². The molecule has 0 fully saturated rings. The number of hydrogen-bond acceptors (Lipinski definition) is 7. The van der Waals surface area contributed by atoms with Crippen molar-refractivity contribution in [3.8, 4) is 17.0 Å². The number of nitrogens with one attached hydrogen (secondary N) is 2. The van der Waals surface area contributed by atoms with Crippen LogP contribution in [0.3, 0.4) is 0 Å². The molecule has 1 aromatic heterocycles. The van der Waals surface area contributed by atoms with Gasteiger partial charge in [0.15, 0.2) is 0 Å². The van der Waals surface area contributed by atoms with Crippen molar-refractivity contribution in [2.75, 3.05) is 26.0 Å². The minimum absolute atomic E-state index is 0.248. The van der Waals surface area contributed by atoms with Crippen LogP contribution in [-0.2, 0) is 4.79 Å². The first-order chi connectivity index (χ1) is 18.2. The molecule has 0 radical (unpaired) electrons. The largest absolute Gasteiger partial charge is 0.497 e. The lowest BCUT2D eigenvalue weighted by molar-refractivity contribution is -0.123. The predicted molar refractivity (Wildman–Crippen MR) is 142 cm³/mol. The Labute approximate surface area is 225 Å². The predicted octanol–water partition coefficient (Wildman–Crippen LogP) is 4.13. The number of aromatic nitrogens is 2. The monoisotopic (exact) mass is 541 g/mol. The van der Waals surface area contributed by atoms with Gasteiger partial charge in [-0.2, -0.15) is 0 Å². The lowest BCUT2D eigenvalue weighted by atomic mass is 9.99. The maximum Gasteiger partial charge on any atom is 0.255 e. The second-order valence-corrected chi connectivity index (χ2v) is 9.40. The SMILES string of the molecule is CC[C@H](O)[C@@H](NC(=O)CN1C(=O)c2cc(-c3nc(NC)ncc3Cl)ccc2[C@H]1C)c1cc(F)cc(OC)c1. The van der Waals surface area contributed by atoms with Crippen LogP contribution in [0.25, 0.3) is 11.3 Å². The number of methoxy groups -OCH3 is 1. The number of carbonyl (C=O) groups is 2. The number of nitrogens with zero attached hydrogens (tertiary/aromatic N) is 3. The van der Waals surface area contributed by atoms with Crippen LogP contribution in [0.2, 0.25) is 5.02 Å². The van der Waals surface area contributed by atoms with Crippen molar-refractivity contribution in [3.63, 3.8) is 0 Å². The Kier molecular flexibility index (Phi) is 8.13. The Morgan fingerprint density at radius 2 is 2.05 bits per heavy atom. The molecule has 0 spiro atoms. The number of aliphatic hydroxyl groups excluding tert-OH is 1. The number of benzene rings is 2. The van der Waals surface area contributed by atoms with Crippen LogP contribution in [0.4, 0.5) is 10.3 Å². The number of rotatable bonds is 9. The molecule has 0 aliphatic carbocycles. The Morgan fingerprint density at radius 1 is 1.29 bits per heavy atom. The van der Waals surface area contributed by atoms with Crippen molar-refractivity contribution in [2.45, 2.75) is 38.5 Å². The van der Waals surface area contributed by atoms with Crippen LogP contribution in [-0.4, -0.2) is 58.6 Å². The summed E-state index contributed by atoms with van der Waals surface area (Å²) in [4.78, 5) is 36.4. The zero-order valence-corrected chi connectivity index (χ0v) is 22.2. The molecule has 200 valence electrons. The Hall–Kier alpha value is -3.76. The van der Waals surface area contributed by atoms with E-state index in [1.165, 1.54) is 30.3 Å². The van der Waals surface area contributed by atoms with Gasteiger partial charge >= 0.3 is 0 Å². The highest BCUT2D eigenvalue weighted by Gasteiger charge is 2.36. The molecule has 3 aromatic rings. The van der Waals surface area contributed by atoms with E-state index in [9.17, 15) is 19.1 Å². The Morgan fingerprint density at radius 3 is 2.74 bits per heavy atom. The number of anilines is 1. The first-order valence-electron chi connectivity index (χ1n) is 12.1.